The highest BCUT2D eigenvalue weighted by Gasteiger charge is 2.16. The SMILES string of the molecule is [2H]c1cc(-c2ccc(C([2H])([2H])C([2H])([2H])c3cc(-c4ccccc4-c4ccc(-c5cc([2H])c([2H])c([2H])n5)cc4-c4ccc(-c5ccccc5)cc4)cc(C([2H])([2H])C([2H])([2H])c4ccc(-c5cc([2H])c([2H])c([2H])n5)cc4)c3)cc2)nc([2H])c1[2H]. The average Bonchev–Trinajstić information content (AvgIpc) is 3.62. The van der Waals surface area contributed by atoms with Crippen molar-refractivity contribution in [3.63, 3.8) is 0 Å². The molecule has 3 heterocycles. The Morgan fingerprint density at radius 2 is 0.703 bits per heavy atom. The topological polar surface area (TPSA) is 38.7 Å². The molecule has 3 nitrogen and oxygen atoms in total. The summed E-state index contributed by atoms with van der Waals surface area (Å²) in [5.41, 5.74) is 6.33. The first-order valence-electron chi connectivity index (χ1n) is 29.0. The molecular weight excluding hydrogens is 775 g/mol. The zero-order chi connectivity index (χ0) is 57.9. The minimum atomic E-state index is -2.97. The molecule has 0 saturated heterocycles. The van der Waals surface area contributed by atoms with E-state index in [1.807, 2.05) is 72.8 Å². The highest BCUT2D eigenvalue weighted by atomic mass is 14.7. The lowest BCUT2D eigenvalue weighted by Gasteiger charge is -2.18. The summed E-state index contributed by atoms with van der Waals surface area (Å²) in [6, 6.07) is 48.0. The summed E-state index contributed by atoms with van der Waals surface area (Å²) in [7, 11) is 0. The Kier molecular flexibility index (Phi) is 7.45. The number of nitrogens with zero attached hydrogens (tertiary/aromatic N) is 3. The summed E-state index contributed by atoms with van der Waals surface area (Å²) < 4.78 is 150. The van der Waals surface area contributed by atoms with Crippen molar-refractivity contribution in [2.24, 2.45) is 0 Å². The van der Waals surface area contributed by atoms with Crippen LogP contribution in [-0.4, -0.2) is 15.0 Å². The van der Waals surface area contributed by atoms with Crippen molar-refractivity contribution in [2.45, 2.75) is 25.5 Å². The quantitative estimate of drug-likeness (QED) is 0.116. The smallest absolute Gasteiger partial charge is 0.0840 e. The standard InChI is InChI=1S/C61H47N3/c1-2-12-48(13-3-1)49-31-33-50(34-32-49)58-43-53(61-18-8-11-39-64-61)35-36-57(58)56-15-5-4-14-55(56)54-41-46(21-19-44-23-27-51(28-24-44)59-16-6-9-37-62-59)40-47(42-54)22-20-45-25-29-52(30-26-45)60-17-7-10-38-63-60/h1-18,23-43H,19-22H2/i6D,7D,8D,9D,10D,11D,19D2,20D2,21D2,22D2,37D,38D,39D. The van der Waals surface area contributed by atoms with Crippen LogP contribution in [0.5, 0.6) is 0 Å². The number of rotatable bonds is 13. The molecule has 306 valence electrons. The molecule has 0 bridgehead atoms. The minimum absolute atomic E-state index is 0.122. The Hall–Kier alpha value is -8.01. The molecule has 0 radical (unpaired) electrons. The third kappa shape index (κ3) is 9.25. The predicted molar refractivity (Wildman–Crippen MR) is 266 cm³/mol. The van der Waals surface area contributed by atoms with Crippen LogP contribution in [0.4, 0.5) is 0 Å². The largest absolute Gasteiger partial charge is 0.256 e. The van der Waals surface area contributed by atoms with Crippen LogP contribution < -0.4 is 0 Å². The second kappa shape index (κ2) is 18.9. The number of pyridine rings is 3. The van der Waals surface area contributed by atoms with Crippen LogP contribution in [0.3, 0.4) is 0 Å². The predicted octanol–water partition coefficient (Wildman–Crippen LogP) is 15.1. The Morgan fingerprint density at radius 3 is 1.25 bits per heavy atom. The van der Waals surface area contributed by atoms with Crippen molar-refractivity contribution < 1.29 is 23.3 Å². The zero-order valence-electron chi connectivity index (χ0n) is 51.2. The number of hydrogen-bond donors (Lipinski definition) is 0. The van der Waals surface area contributed by atoms with Crippen molar-refractivity contribution in [1.82, 2.24) is 15.0 Å². The van der Waals surface area contributed by atoms with E-state index in [1.165, 1.54) is 78.9 Å². The van der Waals surface area contributed by atoms with Gasteiger partial charge in [0.15, 0.2) is 0 Å². The van der Waals surface area contributed by atoms with Crippen molar-refractivity contribution in [1.29, 1.82) is 0 Å². The summed E-state index contributed by atoms with van der Waals surface area (Å²) >= 11 is 0. The summed E-state index contributed by atoms with van der Waals surface area (Å²) in [6.07, 6.45) is -12.8. The van der Waals surface area contributed by atoms with Crippen LogP contribution in [0.1, 0.15) is 45.6 Å². The molecular formula is C61H47N3. The fourth-order valence-corrected chi connectivity index (χ4v) is 7.50. The number of aromatic nitrogens is 3. The van der Waals surface area contributed by atoms with Gasteiger partial charge in [0.1, 0.15) is 0 Å². The lowest BCUT2D eigenvalue weighted by atomic mass is 9.86. The molecule has 0 spiro atoms. The molecule has 10 aromatic rings. The molecule has 0 fully saturated rings. The summed E-state index contributed by atoms with van der Waals surface area (Å²) in [4.78, 5) is 12.6. The molecule has 0 saturated carbocycles. The van der Waals surface area contributed by atoms with E-state index in [-0.39, 0.29) is 81.6 Å². The van der Waals surface area contributed by atoms with Gasteiger partial charge in [-0.15, -0.1) is 0 Å². The molecule has 0 aliphatic heterocycles. The highest BCUT2D eigenvalue weighted by molar-refractivity contribution is 5.93. The second-order valence-electron chi connectivity index (χ2n) is 14.8. The van der Waals surface area contributed by atoms with E-state index in [9.17, 15) is 11.0 Å². The molecule has 10 rings (SSSR count). The Morgan fingerprint density at radius 1 is 0.281 bits per heavy atom. The molecule has 0 N–H and O–H groups in total. The van der Waals surface area contributed by atoms with Gasteiger partial charge in [-0.3, -0.25) is 15.0 Å². The van der Waals surface area contributed by atoms with Gasteiger partial charge < -0.3 is 0 Å². The van der Waals surface area contributed by atoms with Gasteiger partial charge in [-0.2, -0.15) is 0 Å². The van der Waals surface area contributed by atoms with E-state index in [2.05, 4.69) is 15.0 Å². The first-order chi connectivity index (χ1) is 38.4. The van der Waals surface area contributed by atoms with Crippen LogP contribution >= 0.6 is 0 Å². The molecule has 0 amide bonds. The monoisotopic (exact) mass is 838 g/mol. The number of benzene rings is 7. The van der Waals surface area contributed by atoms with Gasteiger partial charge in [-0.05, 0) is 135 Å². The molecule has 7 aromatic carbocycles. The van der Waals surface area contributed by atoms with Crippen LogP contribution in [0.2, 0.25) is 0 Å². The molecule has 0 aliphatic rings. The Bertz CT molecular complexity index is 3830. The third-order valence-corrected chi connectivity index (χ3v) is 10.7. The first kappa shape index (κ1) is 25.2. The maximum Gasteiger partial charge on any atom is 0.0840 e. The van der Waals surface area contributed by atoms with E-state index >= 15 is 0 Å². The highest BCUT2D eigenvalue weighted by Crippen LogP contribution is 2.41. The maximum atomic E-state index is 9.73. The normalized spacial score (nSPS) is 15.8. The molecule has 3 aromatic heterocycles. The van der Waals surface area contributed by atoms with Crippen molar-refractivity contribution >= 4 is 0 Å². The molecule has 3 heteroatoms. The number of hydrogen-bond acceptors (Lipinski definition) is 3. The summed E-state index contributed by atoms with van der Waals surface area (Å²) in [5, 5.41) is 0. The Labute approximate surface area is 400 Å². The van der Waals surface area contributed by atoms with E-state index in [0.29, 0.717) is 44.6 Å². The van der Waals surface area contributed by atoms with Gasteiger partial charge >= 0.3 is 0 Å². The lowest BCUT2D eigenvalue weighted by Crippen LogP contribution is -1.98. The molecule has 0 atom stereocenters. The minimum Gasteiger partial charge on any atom is -0.256 e. The van der Waals surface area contributed by atoms with Gasteiger partial charge in [0.05, 0.1) is 29.4 Å². The zero-order valence-corrected chi connectivity index (χ0v) is 34.2. The van der Waals surface area contributed by atoms with Gasteiger partial charge in [0, 0.05) is 46.2 Å². The van der Waals surface area contributed by atoms with Gasteiger partial charge in [-0.1, -0.05) is 176 Å². The average molecular weight is 839 g/mol. The van der Waals surface area contributed by atoms with Crippen LogP contribution in [0, 0.1) is 0 Å². The van der Waals surface area contributed by atoms with Gasteiger partial charge in [0.25, 0.3) is 0 Å². The fourth-order valence-electron chi connectivity index (χ4n) is 7.50. The van der Waals surface area contributed by atoms with Crippen LogP contribution in [-0.2, 0) is 25.5 Å². The van der Waals surface area contributed by atoms with Crippen molar-refractivity contribution in [3.05, 3.63) is 259 Å². The molecule has 64 heavy (non-hydrogen) atoms. The summed E-state index contributed by atoms with van der Waals surface area (Å²) in [6.45, 7) is 0. The van der Waals surface area contributed by atoms with Crippen molar-refractivity contribution in [3.8, 4) is 78.3 Å². The lowest BCUT2D eigenvalue weighted by molar-refractivity contribution is 0.931. The van der Waals surface area contributed by atoms with E-state index in [4.69, 9.17) is 12.3 Å². The van der Waals surface area contributed by atoms with E-state index < -0.39 is 37.8 Å². The first-order valence-corrected chi connectivity index (χ1v) is 20.5. The number of aryl methyl sites for hydroxylation is 4. The summed E-state index contributed by atoms with van der Waals surface area (Å²) in [5.74, 6) is 0. The molecule has 0 aliphatic carbocycles. The second-order valence-corrected chi connectivity index (χ2v) is 14.8. The maximum absolute atomic E-state index is 9.73. The third-order valence-electron chi connectivity index (χ3n) is 10.7. The Balaban J connectivity index is 1.14. The van der Waals surface area contributed by atoms with Gasteiger partial charge in [-0.25, -0.2) is 0 Å². The van der Waals surface area contributed by atoms with E-state index in [1.54, 1.807) is 24.3 Å². The van der Waals surface area contributed by atoms with Crippen LogP contribution in [0.25, 0.3) is 78.3 Å². The van der Waals surface area contributed by atoms with E-state index in [0.717, 1.165) is 22.8 Å². The van der Waals surface area contributed by atoms with Gasteiger partial charge in [0.2, 0.25) is 0 Å². The fraction of sp³-hybridized carbons (Fsp3) is 0.0656. The van der Waals surface area contributed by atoms with Crippen LogP contribution in [0.15, 0.2) is 237 Å². The van der Waals surface area contributed by atoms with Crippen molar-refractivity contribution in [2.75, 3.05) is 0 Å². The molecule has 0 unspecified atom stereocenters.